The van der Waals surface area contributed by atoms with Crippen molar-refractivity contribution >= 4 is 34.9 Å². The molecule has 23 heavy (non-hydrogen) atoms. The number of methoxy groups -OCH3 is 1. The van der Waals surface area contributed by atoms with E-state index in [9.17, 15) is 4.79 Å². The van der Waals surface area contributed by atoms with Crippen LogP contribution < -0.4 is 10.6 Å². The molecule has 0 amide bonds. The number of nitrogens with zero attached hydrogens (tertiary/aromatic N) is 2. The lowest BCUT2D eigenvalue weighted by molar-refractivity contribution is 0.0601. The molecule has 0 unspecified atom stereocenters. The van der Waals surface area contributed by atoms with Gasteiger partial charge in [0.15, 0.2) is 0 Å². The van der Waals surface area contributed by atoms with Crippen LogP contribution in [-0.2, 0) is 4.74 Å². The van der Waals surface area contributed by atoms with Gasteiger partial charge in [0.05, 0.1) is 23.4 Å². The Kier molecular flexibility index (Phi) is 6.17. The van der Waals surface area contributed by atoms with E-state index in [0.29, 0.717) is 22.1 Å². The van der Waals surface area contributed by atoms with Crippen molar-refractivity contribution in [1.82, 2.24) is 9.97 Å². The Hall–Kier alpha value is -2.34. The van der Waals surface area contributed by atoms with Crippen LogP contribution >= 0.6 is 11.6 Å². The fourth-order valence-corrected chi connectivity index (χ4v) is 2.08. The normalized spacial score (nSPS) is 10.2. The van der Waals surface area contributed by atoms with Crippen LogP contribution in [0.5, 0.6) is 0 Å². The minimum Gasteiger partial charge on any atom is -0.465 e. The SMILES string of the molecule is CCCCNc1cc(Nc2cc(C(=O)OC)ccc2Cl)ncn1. The largest absolute Gasteiger partial charge is 0.465 e. The number of aromatic nitrogens is 2. The molecule has 0 radical (unpaired) electrons. The number of rotatable bonds is 7. The van der Waals surface area contributed by atoms with Gasteiger partial charge in [-0.2, -0.15) is 0 Å². The second-order valence-corrected chi connectivity index (χ2v) is 5.29. The molecule has 0 aliphatic rings. The Morgan fingerprint density at radius 1 is 1.26 bits per heavy atom. The Labute approximate surface area is 140 Å². The molecule has 1 aromatic heterocycles. The molecule has 0 fully saturated rings. The molecule has 1 aromatic carbocycles. The molecule has 0 atom stereocenters. The minimum absolute atomic E-state index is 0.412. The second-order valence-electron chi connectivity index (χ2n) is 4.88. The van der Waals surface area contributed by atoms with E-state index in [0.717, 1.165) is 25.2 Å². The number of esters is 1. The number of carbonyl (C=O) groups is 1. The lowest BCUT2D eigenvalue weighted by Crippen LogP contribution is -2.05. The fourth-order valence-electron chi connectivity index (χ4n) is 1.92. The summed E-state index contributed by atoms with van der Waals surface area (Å²) in [4.78, 5) is 19.9. The molecule has 2 aromatic rings. The van der Waals surface area contributed by atoms with E-state index in [1.807, 2.05) is 0 Å². The highest BCUT2D eigenvalue weighted by atomic mass is 35.5. The number of hydrogen-bond donors (Lipinski definition) is 2. The average Bonchev–Trinajstić information content (AvgIpc) is 2.57. The molecular weight excluding hydrogens is 316 g/mol. The number of carbonyl (C=O) groups excluding carboxylic acids is 1. The lowest BCUT2D eigenvalue weighted by atomic mass is 10.2. The number of benzene rings is 1. The Morgan fingerprint density at radius 2 is 2.04 bits per heavy atom. The summed E-state index contributed by atoms with van der Waals surface area (Å²) in [7, 11) is 1.34. The molecular formula is C16H19ClN4O2. The van der Waals surface area contributed by atoms with Crippen molar-refractivity contribution in [2.24, 2.45) is 0 Å². The van der Waals surface area contributed by atoms with Gasteiger partial charge in [-0.1, -0.05) is 24.9 Å². The van der Waals surface area contributed by atoms with E-state index in [-0.39, 0.29) is 0 Å². The zero-order valence-corrected chi connectivity index (χ0v) is 13.9. The van der Waals surface area contributed by atoms with Gasteiger partial charge in [-0.15, -0.1) is 0 Å². The summed E-state index contributed by atoms with van der Waals surface area (Å²) in [5.41, 5.74) is 0.988. The molecule has 0 saturated carbocycles. The van der Waals surface area contributed by atoms with Gasteiger partial charge in [-0.3, -0.25) is 0 Å². The van der Waals surface area contributed by atoms with Gasteiger partial charge in [-0.25, -0.2) is 14.8 Å². The third-order valence-electron chi connectivity index (χ3n) is 3.15. The maximum absolute atomic E-state index is 11.6. The summed E-state index contributed by atoms with van der Waals surface area (Å²) < 4.78 is 4.71. The van der Waals surface area contributed by atoms with Crippen LogP contribution in [0.4, 0.5) is 17.3 Å². The molecule has 2 N–H and O–H groups in total. The molecule has 1 heterocycles. The first-order valence-corrected chi connectivity index (χ1v) is 7.72. The van der Waals surface area contributed by atoms with Crippen LogP contribution in [0.2, 0.25) is 5.02 Å². The third kappa shape index (κ3) is 4.82. The van der Waals surface area contributed by atoms with E-state index in [1.165, 1.54) is 13.4 Å². The van der Waals surface area contributed by atoms with Crippen molar-refractivity contribution in [2.45, 2.75) is 19.8 Å². The fraction of sp³-hybridized carbons (Fsp3) is 0.312. The maximum atomic E-state index is 11.6. The average molecular weight is 335 g/mol. The van der Waals surface area contributed by atoms with Crippen molar-refractivity contribution in [3.05, 3.63) is 41.2 Å². The lowest BCUT2D eigenvalue weighted by Gasteiger charge is -2.10. The standard InChI is InChI=1S/C16H19ClN4O2/c1-3-4-7-18-14-9-15(20-10-19-14)21-13-8-11(16(22)23-2)5-6-12(13)17/h5-6,8-10H,3-4,7H2,1-2H3,(H2,18,19,20,21). The molecule has 0 saturated heterocycles. The van der Waals surface area contributed by atoms with E-state index in [1.54, 1.807) is 24.3 Å². The van der Waals surface area contributed by atoms with Crippen molar-refractivity contribution in [1.29, 1.82) is 0 Å². The molecule has 6 nitrogen and oxygen atoms in total. The summed E-state index contributed by atoms with van der Waals surface area (Å²) in [6.45, 7) is 2.98. The first kappa shape index (κ1) is 17.0. The van der Waals surface area contributed by atoms with E-state index in [4.69, 9.17) is 16.3 Å². The van der Waals surface area contributed by atoms with Crippen LogP contribution in [-0.4, -0.2) is 29.6 Å². The first-order chi connectivity index (χ1) is 11.1. The first-order valence-electron chi connectivity index (χ1n) is 7.35. The van der Waals surface area contributed by atoms with E-state index >= 15 is 0 Å². The summed E-state index contributed by atoms with van der Waals surface area (Å²) in [5, 5.41) is 6.80. The number of halogens is 1. The number of anilines is 3. The minimum atomic E-state index is -0.422. The molecule has 7 heteroatoms. The summed E-state index contributed by atoms with van der Waals surface area (Å²) in [6, 6.07) is 6.66. The Balaban J connectivity index is 2.15. The van der Waals surface area contributed by atoms with Crippen molar-refractivity contribution < 1.29 is 9.53 Å². The van der Waals surface area contributed by atoms with Crippen molar-refractivity contribution in [2.75, 3.05) is 24.3 Å². The summed E-state index contributed by atoms with van der Waals surface area (Å²) >= 11 is 6.16. The van der Waals surface area contributed by atoms with Crippen molar-refractivity contribution in [3.63, 3.8) is 0 Å². The summed E-state index contributed by atoms with van der Waals surface area (Å²) in [5.74, 6) is 0.897. The van der Waals surface area contributed by atoms with E-state index < -0.39 is 5.97 Å². The molecule has 0 bridgehead atoms. The molecule has 0 spiro atoms. The van der Waals surface area contributed by atoms with Crippen LogP contribution in [0.1, 0.15) is 30.1 Å². The van der Waals surface area contributed by atoms with Crippen LogP contribution in [0.3, 0.4) is 0 Å². The smallest absolute Gasteiger partial charge is 0.337 e. The number of hydrogen-bond acceptors (Lipinski definition) is 6. The quantitative estimate of drug-likeness (QED) is 0.591. The van der Waals surface area contributed by atoms with Crippen molar-refractivity contribution in [3.8, 4) is 0 Å². The highest BCUT2D eigenvalue weighted by Gasteiger charge is 2.10. The van der Waals surface area contributed by atoms with E-state index in [2.05, 4.69) is 27.5 Å². The topological polar surface area (TPSA) is 76.1 Å². The molecule has 2 rings (SSSR count). The van der Waals surface area contributed by atoms with Gasteiger partial charge < -0.3 is 15.4 Å². The van der Waals surface area contributed by atoms with Crippen LogP contribution in [0.25, 0.3) is 0 Å². The van der Waals surface area contributed by atoms with Crippen LogP contribution in [0, 0.1) is 0 Å². The van der Waals surface area contributed by atoms with Gasteiger partial charge in [0.1, 0.15) is 18.0 Å². The number of ether oxygens (including phenoxy) is 1. The van der Waals surface area contributed by atoms with Gasteiger partial charge in [0.25, 0.3) is 0 Å². The predicted molar refractivity (Wildman–Crippen MR) is 91.5 cm³/mol. The molecule has 0 aliphatic heterocycles. The summed E-state index contributed by atoms with van der Waals surface area (Å²) in [6.07, 6.45) is 3.65. The Morgan fingerprint density at radius 3 is 2.78 bits per heavy atom. The third-order valence-corrected chi connectivity index (χ3v) is 3.48. The number of nitrogens with one attached hydrogen (secondary N) is 2. The van der Waals surface area contributed by atoms with Gasteiger partial charge in [0, 0.05) is 12.6 Å². The second kappa shape index (κ2) is 8.33. The maximum Gasteiger partial charge on any atom is 0.337 e. The molecule has 0 aliphatic carbocycles. The van der Waals surface area contributed by atoms with Gasteiger partial charge >= 0.3 is 5.97 Å². The highest BCUT2D eigenvalue weighted by Crippen LogP contribution is 2.26. The zero-order valence-electron chi connectivity index (χ0n) is 13.1. The van der Waals surface area contributed by atoms with Gasteiger partial charge in [-0.05, 0) is 24.6 Å². The predicted octanol–water partition coefficient (Wildman–Crippen LogP) is 3.87. The van der Waals surface area contributed by atoms with Crippen LogP contribution in [0.15, 0.2) is 30.6 Å². The number of unbranched alkanes of at least 4 members (excludes halogenated alkanes) is 1. The monoisotopic (exact) mass is 334 g/mol. The molecule has 122 valence electrons. The highest BCUT2D eigenvalue weighted by molar-refractivity contribution is 6.33. The van der Waals surface area contributed by atoms with Gasteiger partial charge in [0.2, 0.25) is 0 Å². The Bertz CT molecular complexity index is 679. The zero-order chi connectivity index (χ0) is 16.7.